The number of hydrogen-bond acceptors (Lipinski definition) is 2. The van der Waals surface area contributed by atoms with Crippen LogP contribution in [-0.2, 0) is 10.0 Å². The van der Waals surface area contributed by atoms with Gasteiger partial charge in [-0.3, -0.25) is 4.31 Å². The summed E-state index contributed by atoms with van der Waals surface area (Å²) < 4.78 is 27.4. The standard InChI is InChI=1S/C15H16BrNO2S/c1-11-4-7-14(8-5-11)20(18,19)17(3)13-6-9-15(16)12(2)10-13/h4-10H,1-3H3. The Kier molecular flexibility index (Phi) is 4.20. The Morgan fingerprint density at radius 1 is 1.00 bits per heavy atom. The molecule has 0 radical (unpaired) electrons. The van der Waals surface area contributed by atoms with Gasteiger partial charge in [-0.15, -0.1) is 0 Å². The molecule has 0 amide bonds. The van der Waals surface area contributed by atoms with Crippen molar-refractivity contribution in [2.45, 2.75) is 18.7 Å². The second kappa shape index (κ2) is 5.58. The van der Waals surface area contributed by atoms with Crippen molar-refractivity contribution < 1.29 is 8.42 Å². The van der Waals surface area contributed by atoms with Gasteiger partial charge in [0, 0.05) is 11.5 Å². The highest BCUT2D eigenvalue weighted by atomic mass is 79.9. The predicted octanol–water partition coefficient (Wildman–Crippen LogP) is 3.89. The van der Waals surface area contributed by atoms with E-state index in [1.54, 1.807) is 37.4 Å². The molecular weight excluding hydrogens is 338 g/mol. The lowest BCUT2D eigenvalue weighted by molar-refractivity contribution is 0.594. The Balaban J connectivity index is 2.42. The first-order valence-corrected chi connectivity index (χ1v) is 8.37. The van der Waals surface area contributed by atoms with Crippen LogP contribution in [0.1, 0.15) is 11.1 Å². The smallest absolute Gasteiger partial charge is 0.264 e. The number of sulfonamides is 1. The highest BCUT2D eigenvalue weighted by Crippen LogP contribution is 2.26. The van der Waals surface area contributed by atoms with Gasteiger partial charge in [-0.05, 0) is 49.7 Å². The highest BCUT2D eigenvalue weighted by molar-refractivity contribution is 9.10. The van der Waals surface area contributed by atoms with Gasteiger partial charge in [-0.25, -0.2) is 8.42 Å². The molecule has 0 aromatic heterocycles. The molecule has 2 aromatic carbocycles. The second-order valence-electron chi connectivity index (χ2n) is 4.72. The molecule has 2 rings (SSSR count). The Labute approximate surface area is 128 Å². The van der Waals surface area contributed by atoms with Crippen LogP contribution in [0.5, 0.6) is 0 Å². The predicted molar refractivity (Wildman–Crippen MR) is 85.6 cm³/mol. The summed E-state index contributed by atoms with van der Waals surface area (Å²) in [4.78, 5) is 0.297. The molecule has 0 aliphatic heterocycles. The van der Waals surface area contributed by atoms with Crippen LogP contribution >= 0.6 is 15.9 Å². The van der Waals surface area contributed by atoms with Crippen LogP contribution in [0.4, 0.5) is 5.69 Å². The minimum Gasteiger partial charge on any atom is -0.269 e. The number of rotatable bonds is 3. The van der Waals surface area contributed by atoms with E-state index in [2.05, 4.69) is 15.9 Å². The number of hydrogen-bond donors (Lipinski definition) is 0. The first-order valence-electron chi connectivity index (χ1n) is 6.14. The quantitative estimate of drug-likeness (QED) is 0.839. The van der Waals surface area contributed by atoms with E-state index < -0.39 is 10.0 Å². The minimum atomic E-state index is -3.52. The molecule has 0 saturated carbocycles. The molecule has 0 aliphatic rings. The molecule has 106 valence electrons. The average Bonchev–Trinajstić information content (AvgIpc) is 2.41. The fourth-order valence-corrected chi connectivity index (χ4v) is 3.27. The van der Waals surface area contributed by atoms with Crippen molar-refractivity contribution in [1.82, 2.24) is 0 Å². The summed E-state index contributed by atoms with van der Waals surface area (Å²) in [7, 11) is -1.95. The number of aryl methyl sites for hydroxylation is 2. The van der Waals surface area contributed by atoms with E-state index in [0.717, 1.165) is 15.6 Å². The maximum absolute atomic E-state index is 12.6. The third-order valence-corrected chi connectivity index (χ3v) is 5.87. The Morgan fingerprint density at radius 2 is 1.60 bits per heavy atom. The van der Waals surface area contributed by atoms with Gasteiger partial charge in [0.1, 0.15) is 0 Å². The fourth-order valence-electron chi connectivity index (χ4n) is 1.83. The molecule has 0 atom stereocenters. The summed E-state index contributed by atoms with van der Waals surface area (Å²) in [6, 6.07) is 12.3. The van der Waals surface area contributed by atoms with Crippen molar-refractivity contribution >= 4 is 31.6 Å². The average molecular weight is 354 g/mol. The molecule has 0 aliphatic carbocycles. The van der Waals surface area contributed by atoms with E-state index >= 15 is 0 Å². The lowest BCUT2D eigenvalue weighted by atomic mass is 10.2. The van der Waals surface area contributed by atoms with Gasteiger partial charge in [-0.1, -0.05) is 33.6 Å². The van der Waals surface area contributed by atoms with Crippen LogP contribution in [0.25, 0.3) is 0 Å². The number of halogens is 1. The van der Waals surface area contributed by atoms with E-state index in [9.17, 15) is 8.42 Å². The van der Waals surface area contributed by atoms with Gasteiger partial charge >= 0.3 is 0 Å². The van der Waals surface area contributed by atoms with E-state index in [0.29, 0.717) is 10.6 Å². The van der Waals surface area contributed by atoms with Gasteiger partial charge in [-0.2, -0.15) is 0 Å². The van der Waals surface area contributed by atoms with Crippen LogP contribution < -0.4 is 4.31 Å². The van der Waals surface area contributed by atoms with Gasteiger partial charge < -0.3 is 0 Å². The molecule has 0 saturated heterocycles. The Morgan fingerprint density at radius 3 is 2.15 bits per heavy atom. The highest BCUT2D eigenvalue weighted by Gasteiger charge is 2.21. The van der Waals surface area contributed by atoms with Crippen LogP contribution in [0.15, 0.2) is 51.8 Å². The largest absolute Gasteiger partial charge is 0.269 e. The molecule has 2 aromatic rings. The van der Waals surface area contributed by atoms with Crippen molar-refractivity contribution in [3.63, 3.8) is 0 Å². The van der Waals surface area contributed by atoms with Crippen LogP contribution in [0.2, 0.25) is 0 Å². The first-order chi connectivity index (χ1) is 9.32. The van der Waals surface area contributed by atoms with Crippen molar-refractivity contribution in [1.29, 1.82) is 0 Å². The third-order valence-electron chi connectivity index (χ3n) is 3.18. The summed E-state index contributed by atoms with van der Waals surface area (Å²) >= 11 is 3.41. The molecular formula is C15H16BrNO2S. The van der Waals surface area contributed by atoms with E-state index in [1.165, 1.54) is 4.31 Å². The summed E-state index contributed by atoms with van der Waals surface area (Å²) in [6.45, 7) is 3.86. The monoisotopic (exact) mass is 353 g/mol. The Hall–Kier alpha value is -1.33. The van der Waals surface area contributed by atoms with Crippen LogP contribution in [0, 0.1) is 13.8 Å². The molecule has 3 nitrogen and oxygen atoms in total. The van der Waals surface area contributed by atoms with E-state index in [1.807, 2.05) is 26.0 Å². The second-order valence-corrected chi connectivity index (χ2v) is 7.54. The normalized spacial score (nSPS) is 11.4. The van der Waals surface area contributed by atoms with Gasteiger partial charge in [0.05, 0.1) is 10.6 Å². The fraction of sp³-hybridized carbons (Fsp3) is 0.200. The molecule has 0 spiro atoms. The topological polar surface area (TPSA) is 37.4 Å². The zero-order valence-corrected chi connectivity index (χ0v) is 14.0. The molecule has 0 heterocycles. The zero-order valence-electron chi connectivity index (χ0n) is 11.6. The number of anilines is 1. The summed E-state index contributed by atoms with van der Waals surface area (Å²) in [5.41, 5.74) is 2.67. The van der Waals surface area contributed by atoms with Gasteiger partial charge in [0.25, 0.3) is 10.0 Å². The van der Waals surface area contributed by atoms with Gasteiger partial charge in [0.2, 0.25) is 0 Å². The first kappa shape index (κ1) is 15.1. The van der Waals surface area contributed by atoms with Crippen LogP contribution in [0.3, 0.4) is 0 Å². The number of benzene rings is 2. The van der Waals surface area contributed by atoms with E-state index in [4.69, 9.17) is 0 Å². The summed E-state index contributed by atoms with van der Waals surface area (Å²) in [6.07, 6.45) is 0. The summed E-state index contributed by atoms with van der Waals surface area (Å²) in [5, 5.41) is 0. The third kappa shape index (κ3) is 2.88. The van der Waals surface area contributed by atoms with Crippen molar-refractivity contribution in [2.75, 3.05) is 11.4 Å². The zero-order chi connectivity index (χ0) is 14.9. The molecule has 0 unspecified atom stereocenters. The lowest BCUT2D eigenvalue weighted by Gasteiger charge is -2.20. The molecule has 0 fully saturated rings. The number of nitrogens with zero attached hydrogens (tertiary/aromatic N) is 1. The summed E-state index contributed by atoms with van der Waals surface area (Å²) in [5.74, 6) is 0. The molecule has 20 heavy (non-hydrogen) atoms. The van der Waals surface area contributed by atoms with E-state index in [-0.39, 0.29) is 0 Å². The SMILES string of the molecule is Cc1ccc(S(=O)(=O)N(C)c2ccc(Br)c(C)c2)cc1. The van der Waals surface area contributed by atoms with Gasteiger partial charge in [0.15, 0.2) is 0 Å². The molecule has 5 heteroatoms. The lowest BCUT2D eigenvalue weighted by Crippen LogP contribution is -2.26. The van der Waals surface area contributed by atoms with Crippen molar-refractivity contribution in [3.8, 4) is 0 Å². The van der Waals surface area contributed by atoms with Crippen molar-refractivity contribution in [2.24, 2.45) is 0 Å². The maximum atomic E-state index is 12.6. The van der Waals surface area contributed by atoms with Crippen molar-refractivity contribution in [3.05, 3.63) is 58.1 Å². The van der Waals surface area contributed by atoms with Crippen LogP contribution in [-0.4, -0.2) is 15.5 Å². The Bertz CT molecular complexity index is 724. The molecule has 0 N–H and O–H groups in total. The maximum Gasteiger partial charge on any atom is 0.264 e. The molecule has 0 bridgehead atoms. The minimum absolute atomic E-state index is 0.297.